The van der Waals surface area contributed by atoms with Crippen LogP contribution in [0.4, 0.5) is 0 Å². The quantitative estimate of drug-likeness (QED) is 0.490. The molecular weight excluding hydrogens is 364 g/mol. The third-order valence-electron chi connectivity index (χ3n) is 3.61. The first-order valence-corrected chi connectivity index (χ1v) is 8.57. The second-order valence-corrected chi connectivity index (χ2v) is 6.32. The van der Waals surface area contributed by atoms with Crippen LogP contribution in [0.3, 0.4) is 0 Å². The van der Waals surface area contributed by atoms with Crippen molar-refractivity contribution in [2.24, 2.45) is 0 Å². The van der Waals surface area contributed by atoms with E-state index in [1.165, 1.54) is 0 Å². The van der Waals surface area contributed by atoms with Gasteiger partial charge in [-0.05, 0) is 17.7 Å². The highest BCUT2D eigenvalue weighted by Gasteiger charge is 2.51. The fourth-order valence-corrected chi connectivity index (χ4v) is 3.39. The number of hydrogen-bond acceptors (Lipinski definition) is 9. The van der Waals surface area contributed by atoms with Crippen molar-refractivity contribution in [1.82, 2.24) is 0 Å². The van der Waals surface area contributed by atoms with Gasteiger partial charge in [0.15, 0.2) is 5.60 Å². The second-order valence-electron chi connectivity index (χ2n) is 5.23. The van der Waals surface area contributed by atoms with Gasteiger partial charge in [-0.15, -0.1) is 11.8 Å². The molecule has 0 unspecified atom stereocenters. The van der Waals surface area contributed by atoms with Gasteiger partial charge in [0.2, 0.25) is 0 Å². The molecular formula is C17H22O8S. The van der Waals surface area contributed by atoms with E-state index < -0.39 is 35.2 Å². The molecule has 1 N–H and O–H groups in total. The number of benzene rings is 1. The van der Waals surface area contributed by atoms with E-state index >= 15 is 0 Å². The number of ether oxygens (including phenoxy) is 4. The Balaban J connectivity index is 3.08. The molecule has 1 aromatic carbocycles. The number of aliphatic hydroxyl groups is 1. The molecule has 0 radical (unpaired) electrons. The number of thioether (sulfide) groups is 1. The summed E-state index contributed by atoms with van der Waals surface area (Å²) in [5, 5.41) is 9.40. The molecule has 2 atom stereocenters. The lowest BCUT2D eigenvalue weighted by Crippen LogP contribution is -2.54. The van der Waals surface area contributed by atoms with Crippen molar-refractivity contribution in [1.29, 1.82) is 0 Å². The molecule has 0 aliphatic carbocycles. The zero-order valence-corrected chi connectivity index (χ0v) is 15.8. The lowest BCUT2D eigenvalue weighted by atomic mass is 9.95. The van der Waals surface area contributed by atoms with Gasteiger partial charge in [-0.2, -0.15) is 0 Å². The average molecular weight is 386 g/mol. The van der Waals surface area contributed by atoms with Crippen LogP contribution in [0.15, 0.2) is 24.3 Å². The van der Waals surface area contributed by atoms with Crippen molar-refractivity contribution in [3.8, 4) is 5.75 Å². The van der Waals surface area contributed by atoms with Gasteiger partial charge in [0.1, 0.15) is 11.0 Å². The van der Waals surface area contributed by atoms with Crippen LogP contribution in [0.2, 0.25) is 0 Å². The molecule has 0 aliphatic rings. The van der Waals surface area contributed by atoms with Crippen molar-refractivity contribution < 1.29 is 38.4 Å². The summed E-state index contributed by atoms with van der Waals surface area (Å²) in [5.74, 6) is -1.91. The summed E-state index contributed by atoms with van der Waals surface area (Å²) in [6.45, 7) is 0. The Hall–Kier alpha value is -2.26. The molecule has 1 aromatic rings. The Morgan fingerprint density at radius 2 is 1.65 bits per heavy atom. The van der Waals surface area contributed by atoms with Gasteiger partial charge >= 0.3 is 17.9 Å². The molecule has 0 bridgehead atoms. The first kappa shape index (κ1) is 21.8. The van der Waals surface area contributed by atoms with Crippen LogP contribution in [0.5, 0.6) is 5.75 Å². The number of rotatable bonds is 9. The van der Waals surface area contributed by atoms with Gasteiger partial charge in [0, 0.05) is 5.75 Å². The predicted molar refractivity (Wildman–Crippen MR) is 93.7 cm³/mol. The Kier molecular flexibility index (Phi) is 8.40. The number of esters is 3. The van der Waals surface area contributed by atoms with Gasteiger partial charge in [0.25, 0.3) is 0 Å². The first-order chi connectivity index (χ1) is 12.3. The molecule has 8 nitrogen and oxygen atoms in total. The van der Waals surface area contributed by atoms with Crippen molar-refractivity contribution in [3.63, 3.8) is 0 Å². The van der Waals surface area contributed by atoms with Crippen molar-refractivity contribution in [3.05, 3.63) is 29.8 Å². The van der Waals surface area contributed by atoms with Crippen LogP contribution >= 0.6 is 11.8 Å². The first-order valence-electron chi connectivity index (χ1n) is 7.52. The minimum Gasteiger partial charge on any atom is -0.497 e. The van der Waals surface area contributed by atoms with Gasteiger partial charge in [-0.1, -0.05) is 12.1 Å². The fourth-order valence-electron chi connectivity index (χ4n) is 2.15. The summed E-state index contributed by atoms with van der Waals surface area (Å²) in [4.78, 5) is 36.0. The summed E-state index contributed by atoms with van der Waals surface area (Å²) in [7, 11) is 4.82. The molecule has 9 heteroatoms. The number of methoxy groups -OCH3 is 4. The Morgan fingerprint density at radius 3 is 2.12 bits per heavy atom. The smallest absolute Gasteiger partial charge is 0.340 e. The van der Waals surface area contributed by atoms with Crippen LogP contribution in [-0.4, -0.2) is 62.3 Å². The van der Waals surface area contributed by atoms with Gasteiger partial charge in [0.05, 0.1) is 34.9 Å². The van der Waals surface area contributed by atoms with Crippen molar-refractivity contribution in [2.45, 2.75) is 23.0 Å². The highest BCUT2D eigenvalue weighted by atomic mass is 32.2. The average Bonchev–Trinajstić information content (AvgIpc) is 2.67. The Morgan fingerprint density at radius 1 is 1.04 bits per heavy atom. The summed E-state index contributed by atoms with van der Waals surface area (Å²) >= 11 is 0.950. The normalized spacial score (nSPS) is 13.9. The largest absolute Gasteiger partial charge is 0.497 e. The lowest BCUT2D eigenvalue weighted by Gasteiger charge is -2.30. The zero-order chi connectivity index (χ0) is 19.7. The maximum absolute atomic E-state index is 12.2. The molecule has 26 heavy (non-hydrogen) atoms. The van der Waals surface area contributed by atoms with E-state index in [2.05, 4.69) is 9.47 Å². The highest BCUT2D eigenvalue weighted by Crippen LogP contribution is 2.32. The molecule has 0 saturated heterocycles. The second kappa shape index (κ2) is 10.0. The molecule has 144 valence electrons. The van der Waals surface area contributed by atoms with Crippen LogP contribution in [0, 0.1) is 0 Å². The van der Waals surface area contributed by atoms with Crippen LogP contribution < -0.4 is 4.74 Å². The minimum absolute atomic E-state index is 0.268. The van der Waals surface area contributed by atoms with E-state index in [0.29, 0.717) is 5.75 Å². The zero-order valence-electron chi connectivity index (χ0n) is 15.0. The molecule has 0 saturated carbocycles. The maximum Gasteiger partial charge on any atom is 0.340 e. The summed E-state index contributed by atoms with van der Waals surface area (Å²) in [5.41, 5.74) is -1.61. The molecule has 0 amide bonds. The summed E-state index contributed by atoms with van der Waals surface area (Å²) in [6.07, 6.45) is -0.744. The molecule has 0 spiro atoms. The van der Waals surface area contributed by atoms with E-state index in [1.807, 2.05) is 0 Å². The Labute approximate surface area is 155 Å². The number of hydrogen-bond donors (Lipinski definition) is 1. The fraction of sp³-hybridized carbons (Fsp3) is 0.471. The van der Waals surface area contributed by atoms with E-state index in [0.717, 1.165) is 38.7 Å². The molecule has 0 heterocycles. The molecule has 0 aromatic heterocycles. The predicted octanol–water partition coefficient (Wildman–Crippen LogP) is 0.937. The molecule has 0 fully saturated rings. The molecule has 1 rings (SSSR count). The van der Waals surface area contributed by atoms with Crippen molar-refractivity contribution >= 4 is 29.7 Å². The van der Waals surface area contributed by atoms with E-state index in [4.69, 9.17) is 9.47 Å². The van der Waals surface area contributed by atoms with Gasteiger partial charge in [-0.25, -0.2) is 4.79 Å². The topological polar surface area (TPSA) is 108 Å². The van der Waals surface area contributed by atoms with E-state index in [9.17, 15) is 19.5 Å². The van der Waals surface area contributed by atoms with E-state index in [-0.39, 0.29) is 5.75 Å². The third kappa shape index (κ3) is 5.37. The van der Waals surface area contributed by atoms with Crippen LogP contribution in [-0.2, 0) is 34.3 Å². The monoisotopic (exact) mass is 386 g/mol. The molecule has 0 aliphatic heterocycles. The minimum atomic E-state index is -2.42. The summed E-state index contributed by atoms with van der Waals surface area (Å²) in [6, 6.07) is 7.03. The lowest BCUT2D eigenvalue weighted by molar-refractivity contribution is -0.173. The van der Waals surface area contributed by atoms with Crippen LogP contribution in [0.1, 0.15) is 12.0 Å². The number of carbonyl (C=O) groups is 3. The SMILES string of the molecule is COC(=O)C[C@@](O)(C(=O)OC)[C@@H](SCc1ccc(OC)cc1)C(=O)OC. The third-order valence-corrected chi connectivity index (χ3v) is 5.02. The van der Waals surface area contributed by atoms with E-state index in [1.54, 1.807) is 31.4 Å². The van der Waals surface area contributed by atoms with Gasteiger partial charge < -0.3 is 24.1 Å². The highest BCUT2D eigenvalue weighted by molar-refractivity contribution is 8.00. The van der Waals surface area contributed by atoms with Gasteiger partial charge in [-0.3, -0.25) is 9.59 Å². The number of carbonyl (C=O) groups excluding carboxylic acids is 3. The standard InChI is InChI=1S/C17H22O8S/c1-22-12-7-5-11(6-8-12)10-26-14(15(19)24-3)17(21,16(20)25-4)9-13(18)23-2/h5-8,14,21H,9-10H2,1-4H3/t14-,17-/m0/s1. The van der Waals surface area contributed by atoms with Crippen molar-refractivity contribution in [2.75, 3.05) is 28.4 Å². The van der Waals surface area contributed by atoms with Crippen LogP contribution in [0.25, 0.3) is 0 Å². The maximum atomic E-state index is 12.2. The Bertz CT molecular complexity index is 630. The summed E-state index contributed by atoms with van der Waals surface area (Å²) < 4.78 is 18.9.